The maximum atomic E-state index is 11.3. The van der Waals surface area contributed by atoms with Crippen molar-refractivity contribution in [1.29, 1.82) is 0 Å². The van der Waals surface area contributed by atoms with E-state index in [4.69, 9.17) is 0 Å². The Morgan fingerprint density at radius 2 is 1.78 bits per heavy atom. The summed E-state index contributed by atoms with van der Waals surface area (Å²) in [7, 11) is 0. The molecule has 0 saturated heterocycles. The molecule has 0 amide bonds. The number of carboxylic acid groups (broad SMARTS) is 1. The van der Waals surface area contributed by atoms with E-state index in [0.29, 0.717) is 0 Å². The molecule has 1 aromatic carbocycles. The van der Waals surface area contributed by atoms with Gasteiger partial charge >= 0.3 is 5.97 Å². The molecule has 0 bridgehead atoms. The second kappa shape index (κ2) is 5.98. The number of rotatable bonds is 4. The first-order valence-electron chi connectivity index (χ1n) is 6.38. The summed E-state index contributed by atoms with van der Waals surface area (Å²) in [5.41, 5.74) is 0.774. The summed E-state index contributed by atoms with van der Waals surface area (Å²) in [6, 6.07) is 8.72. The zero-order valence-corrected chi connectivity index (χ0v) is 10.2. The first kappa shape index (κ1) is 13.1. The van der Waals surface area contributed by atoms with Gasteiger partial charge in [-0.05, 0) is 31.2 Å². The molecule has 1 aliphatic rings. The molecule has 1 aliphatic carbocycles. The van der Waals surface area contributed by atoms with Gasteiger partial charge in [-0.2, -0.15) is 0 Å². The Balaban J connectivity index is 2.01. The lowest BCUT2D eigenvalue weighted by atomic mass is 9.92. The van der Waals surface area contributed by atoms with Crippen LogP contribution in [0.4, 0.5) is 0 Å². The highest BCUT2D eigenvalue weighted by molar-refractivity contribution is 5.75. The minimum Gasteiger partial charge on any atom is -0.480 e. The van der Waals surface area contributed by atoms with Gasteiger partial charge in [0.25, 0.3) is 0 Å². The predicted octanol–water partition coefficient (Wildman–Crippen LogP) is 1.71. The van der Waals surface area contributed by atoms with Crippen LogP contribution in [0, 0.1) is 0 Å². The van der Waals surface area contributed by atoms with Crippen LogP contribution < -0.4 is 5.32 Å². The number of hydrogen-bond acceptors (Lipinski definition) is 3. The van der Waals surface area contributed by atoms with Crippen LogP contribution in [-0.4, -0.2) is 28.3 Å². The van der Waals surface area contributed by atoms with Gasteiger partial charge in [0.15, 0.2) is 0 Å². The van der Waals surface area contributed by atoms with Gasteiger partial charge in [0, 0.05) is 6.04 Å². The van der Waals surface area contributed by atoms with E-state index in [9.17, 15) is 15.0 Å². The molecule has 18 heavy (non-hydrogen) atoms. The summed E-state index contributed by atoms with van der Waals surface area (Å²) in [6.45, 7) is 0. The van der Waals surface area contributed by atoms with Gasteiger partial charge in [0.1, 0.15) is 6.04 Å². The summed E-state index contributed by atoms with van der Waals surface area (Å²) in [5.74, 6) is -0.854. The Bertz CT molecular complexity index is 385. The molecule has 4 nitrogen and oxygen atoms in total. The third-order valence-corrected chi connectivity index (χ3v) is 3.48. The molecule has 0 heterocycles. The van der Waals surface area contributed by atoms with E-state index < -0.39 is 12.0 Å². The molecule has 98 valence electrons. The lowest BCUT2D eigenvalue weighted by molar-refractivity contribution is -0.140. The number of nitrogens with one attached hydrogen (secondary N) is 1. The van der Waals surface area contributed by atoms with E-state index >= 15 is 0 Å². The van der Waals surface area contributed by atoms with Gasteiger partial charge < -0.3 is 10.2 Å². The average Bonchev–Trinajstić information content (AvgIpc) is 2.38. The molecule has 1 atom stereocenters. The van der Waals surface area contributed by atoms with E-state index in [2.05, 4.69) is 5.32 Å². The molecule has 4 heteroatoms. The first-order chi connectivity index (χ1) is 8.66. The van der Waals surface area contributed by atoms with Crippen LogP contribution in [-0.2, 0) is 4.79 Å². The van der Waals surface area contributed by atoms with E-state index in [0.717, 1.165) is 31.2 Å². The van der Waals surface area contributed by atoms with Gasteiger partial charge in [0.2, 0.25) is 0 Å². The second-order valence-corrected chi connectivity index (χ2v) is 4.85. The van der Waals surface area contributed by atoms with Crippen LogP contribution in [0.3, 0.4) is 0 Å². The molecule has 3 N–H and O–H groups in total. The molecule has 0 spiro atoms. The number of hydrogen-bond donors (Lipinski definition) is 3. The Hall–Kier alpha value is -1.39. The van der Waals surface area contributed by atoms with Crippen molar-refractivity contribution in [2.45, 2.75) is 43.9 Å². The van der Waals surface area contributed by atoms with Crippen molar-refractivity contribution in [3.8, 4) is 0 Å². The van der Waals surface area contributed by atoms with Crippen molar-refractivity contribution >= 4 is 5.97 Å². The van der Waals surface area contributed by atoms with E-state index in [1.54, 1.807) is 0 Å². The van der Waals surface area contributed by atoms with Crippen molar-refractivity contribution in [1.82, 2.24) is 5.32 Å². The highest BCUT2D eigenvalue weighted by Crippen LogP contribution is 2.22. The zero-order valence-electron chi connectivity index (χ0n) is 10.2. The lowest BCUT2D eigenvalue weighted by Gasteiger charge is -2.29. The molecule has 0 aliphatic heterocycles. The quantitative estimate of drug-likeness (QED) is 0.759. The molecule has 1 aromatic rings. The minimum atomic E-state index is -0.854. The Morgan fingerprint density at radius 3 is 2.33 bits per heavy atom. The summed E-state index contributed by atoms with van der Waals surface area (Å²) in [5, 5.41) is 21.9. The van der Waals surface area contributed by atoms with Crippen molar-refractivity contribution in [2.24, 2.45) is 0 Å². The van der Waals surface area contributed by atoms with Crippen LogP contribution in [0.2, 0.25) is 0 Å². The summed E-state index contributed by atoms with van der Waals surface area (Å²) < 4.78 is 0. The molecule has 0 radical (unpaired) electrons. The summed E-state index contributed by atoms with van der Waals surface area (Å²) in [4.78, 5) is 11.3. The van der Waals surface area contributed by atoms with Crippen LogP contribution in [0.15, 0.2) is 30.3 Å². The van der Waals surface area contributed by atoms with Gasteiger partial charge in [-0.25, -0.2) is 0 Å². The van der Waals surface area contributed by atoms with Crippen LogP contribution in [0.5, 0.6) is 0 Å². The molecule has 0 aromatic heterocycles. The van der Waals surface area contributed by atoms with Crippen molar-refractivity contribution in [3.63, 3.8) is 0 Å². The van der Waals surface area contributed by atoms with Crippen LogP contribution in [0.1, 0.15) is 37.3 Å². The highest BCUT2D eigenvalue weighted by Gasteiger charge is 2.26. The van der Waals surface area contributed by atoms with E-state index in [1.807, 2.05) is 30.3 Å². The fraction of sp³-hybridized carbons (Fsp3) is 0.500. The SMILES string of the molecule is O=C(O)C(NC1CCC(O)CC1)c1ccccc1. The molecule has 1 fully saturated rings. The van der Waals surface area contributed by atoms with Crippen molar-refractivity contribution < 1.29 is 15.0 Å². The number of aliphatic hydroxyl groups excluding tert-OH is 1. The Kier molecular flexibility index (Phi) is 4.33. The Labute approximate surface area is 107 Å². The van der Waals surface area contributed by atoms with Gasteiger partial charge in [0.05, 0.1) is 6.10 Å². The fourth-order valence-corrected chi connectivity index (χ4v) is 2.43. The van der Waals surface area contributed by atoms with Gasteiger partial charge in [-0.1, -0.05) is 30.3 Å². The number of aliphatic hydroxyl groups is 1. The summed E-state index contributed by atoms with van der Waals surface area (Å²) >= 11 is 0. The maximum Gasteiger partial charge on any atom is 0.325 e. The second-order valence-electron chi connectivity index (χ2n) is 4.85. The third kappa shape index (κ3) is 3.31. The fourth-order valence-electron chi connectivity index (χ4n) is 2.43. The predicted molar refractivity (Wildman–Crippen MR) is 68.2 cm³/mol. The molecule has 1 unspecified atom stereocenters. The topological polar surface area (TPSA) is 69.6 Å². The standard InChI is InChI=1S/C14H19NO3/c16-12-8-6-11(7-9-12)15-13(14(17)18)10-4-2-1-3-5-10/h1-5,11-13,15-16H,6-9H2,(H,17,18). The molecule has 2 rings (SSSR count). The van der Waals surface area contributed by atoms with Gasteiger partial charge in [-0.3, -0.25) is 10.1 Å². The normalized spacial score (nSPS) is 25.6. The van der Waals surface area contributed by atoms with E-state index in [1.165, 1.54) is 0 Å². The monoisotopic (exact) mass is 249 g/mol. The maximum absolute atomic E-state index is 11.3. The molecular formula is C14H19NO3. The van der Waals surface area contributed by atoms with Crippen LogP contribution in [0.25, 0.3) is 0 Å². The number of aliphatic carboxylic acids is 1. The lowest BCUT2D eigenvalue weighted by Crippen LogP contribution is -2.40. The number of benzene rings is 1. The zero-order chi connectivity index (χ0) is 13.0. The van der Waals surface area contributed by atoms with Crippen molar-refractivity contribution in [2.75, 3.05) is 0 Å². The number of carboxylic acids is 1. The average molecular weight is 249 g/mol. The smallest absolute Gasteiger partial charge is 0.325 e. The van der Waals surface area contributed by atoms with E-state index in [-0.39, 0.29) is 12.1 Å². The van der Waals surface area contributed by atoms with Gasteiger partial charge in [-0.15, -0.1) is 0 Å². The molecule has 1 saturated carbocycles. The molecular weight excluding hydrogens is 230 g/mol. The highest BCUT2D eigenvalue weighted by atomic mass is 16.4. The number of carbonyl (C=O) groups is 1. The van der Waals surface area contributed by atoms with Crippen LogP contribution >= 0.6 is 0 Å². The first-order valence-corrected chi connectivity index (χ1v) is 6.38. The Morgan fingerprint density at radius 1 is 1.17 bits per heavy atom. The van der Waals surface area contributed by atoms with Crippen molar-refractivity contribution in [3.05, 3.63) is 35.9 Å². The minimum absolute atomic E-state index is 0.176. The largest absolute Gasteiger partial charge is 0.480 e. The third-order valence-electron chi connectivity index (χ3n) is 3.48. The summed E-state index contributed by atoms with van der Waals surface area (Å²) in [6.07, 6.45) is 2.94.